The van der Waals surface area contributed by atoms with Crippen LogP contribution in [0.1, 0.15) is 31.0 Å². The van der Waals surface area contributed by atoms with Crippen molar-refractivity contribution in [1.29, 1.82) is 0 Å². The summed E-state index contributed by atoms with van der Waals surface area (Å²) in [7, 11) is 1.95. The van der Waals surface area contributed by atoms with Crippen LogP contribution in [0.4, 0.5) is 0 Å². The second-order valence-electron chi connectivity index (χ2n) is 7.59. The average Bonchev–Trinajstić information content (AvgIpc) is 3.32. The molecule has 6 heteroatoms. The lowest BCUT2D eigenvalue weighted by Crippen LogP contribution is -2.40. The first-order chi connectivity index (χ1) is 12.6. The lowest BCUT2D eigenvalue weighted by atomic mass is 9.87. The normalized spacial score (nSPS) is 22.3. The molecule has 2 amide bonds. The maximum atomic E-state index is 13.0. The molecule has 6 nitrogen and oxygen atoms in total. The maximum Gasteiger partial charge on any atom is 0.246 e. The summed E-state index contributed by atoms with van der Waals surface area (Å²) >= 11 is 0. The molecule has 4 rings (SSSR count). The van der Waals surface area contributed by atoms with Gasteiger partial charge in [-0.3, -0.25) is 14.3 Å². The molecule has 0 aromatic carbocycles. The van der Waals surface area contributed by atoms with Crippen molar-refractivity contribution in [2.45, 2.75) is 32.6 Å². The highest BCUT2D eigenvalue weighted by Crippen LogP contribution is 2.31. The van der Waals surface area contributed by atoms with Gasteiger partial charge in [-0.15, -0.1) is 0 Å². The van der Waals surface area contributed by atoms with Crippen molar-refractivity contribution < 1.29 is 9.59 Å². The van der Waals surface area contributed by atoms with Crippen molar-refractivity contribution in [2.75, 3.05) is 26.2 Å². The van der Waals surface area contributed by atoms with Gasteiger partial charge in [0.1, 0.15) is 0 Å². The first-order valence-corrected chi connectivity index (χ1v) is 9.50. The van der Waals surface area contributed by atoms with Crippen LogP contribution < -0.4 is 0 Å². The van der Waals surface area contributed by atoms with Crippen molar-refractivity contribution in [1.82, 2.24) is 19.6 Å². The molecule has 2 aliphatic heterocycles. The Morgan fingerprint density at radius 1 is 1.19 bits per heavy atom. The lowest BCUT2D eigenvalue weighted by Gasteiger charge is -2.28. The van der Waals surface area contributed by atoms with Gasteiger partial charge in [0, 0.05) is 51.3 Å². The zero-order valence-electron chi connectivity index (χ0n) is 15.6. The molecule has 0 N–H and O–H groups in total. The van der Waals surface area contributed by atoms with Gasteiger partial charge in [0.15, 0.2) is 0 Å². The third-order valence-corrected chi connectivity index (χ3v) is 5.85. The minimum atomic E-state index is 0.0585. The first-order valence-electron chi connectivity index (χ1n) is 9.50. The number of hydrogen-bond donors (Lipinski definition) is 0. The van der Waals surface area contributed by atoms with E-state index in [2.05, 4.69) is 5.10 Å². The quantitative estimate of drug-likeness (QED) is 0.610. The SMILES string of the molecule is CC/C=C/C(=O)N1CC2=C(C1)CN(C(=O)C1CCc3cnn(C)c3C1)C2. The van der Waals surface area contributed by atoms with Gasteiger partial charge in [0.05, 0.1) is 6.20 Å². The Hall–Kier alpha value is -2.37. The van der Waals surface area contributed by atoms with E-state index in [1.54, 1.807) is 6.08 Å². The molecule has 3 heterocycles. The van der Waals surface area contributed by atoms with E-state index in [-0.39, 0.29) is 17.7 Å². The molecule has 26 heavy (non-hydrogen) atoms. The molecule has 1 unspecified atom stereocenters. The molecule has 1 atom stereocenters. The third kappa shape index (κ3) is 2.97. The second-order valence-corrected chi connectivity index (χ2v) is 7.59. The van der Waals surface area contributed by atoms with E-state index in [1.165, 1.54) is 22.4 Å². The summed E-state index contributed by atoms with van der Waals surface area (Å²) in [5.74, 6) is 0.397. The highest BCUT2D eigenvalue weighted by atomic mass is 16.2. The summed E-state index contributed by atoms with van der Waals surface area (Å²) < 4.78 is 1.91. The maximum absolute atomic E-state index is 13.0. The fraction of sp³-hybridized carbons (Fsp3) is 0.550. The summed E-state index contributed by atoms with van der Waals surface area (Å²) in [5, 5.41) is 4.32. The van der Waals surface area contributed by atoms with E-state index < -0.39 is 0 Å². The number of hydrogen-bond acceptors (Lipinski definition) is 3. The van der Waals surface area contributed by atoms with Crippen LogP contribution >= 0.6 is 0 Å². The number of carbonyl (C=O) groups excluding carboxylic acids is 2. The Balaban J connectivity index is 1.35. The molecule has 1 aliphatic carbocycles. The van der Waals surface area contributed by atoms with Crippen LogP contribution in [0.3, 0.4) is 0 Å². The van der Waals surface area contributed by atoms with Crippen molar-refractivity contribution in [3.05, 3.63) is 40.8 Å². The number of aryl methyl sites for hydroxylation is 2. The molecule has 138 valence electrons. The lowest BCUT2D eigenvalue weighted by molar-refractivity contribution is -0.134. The third-order valence-electron chi connectivity index (χ3n) is 5.85. The van der Waals surface area contributed by atoms with E-state index >= 15 is 0 Å². The molecule has 0 fully saturated rings. The smallest absolute Gasteiger partial charge is 0.246 e. The largest absolute Gasteiger partial charge is 0.334 e. The minimum Gasteiger partial charge on any atom is -0.334 e. The van der Waals surface area contributed by atoms with Crippen LogP contribution in [0.15, 0.2) is 29.5 Å². The molecule has 0 saturated carbocycles. The predicted molar refractivity (Wildman–Crippen MR) is 98.3 cm³/mol. The fourth-order valence-corrected chi connectivity index (χ4v) is 4.33. The first kappa shape index (κ1) is 17.1. The van der Waals surface area contributed by atoms with Crippen LogP contribution in [0.5, 0.6) is 0 Å². The summed E-state index contributed by atoms with van der Waals surface area (Å²) in [4.78, 5) is 29.0. The van der Waals surface area contributed by atoms with Crippen molar-refractivity contribution in [2.24, 2.45) is 13.0 Å². The van der Waals surface area contributed by atoms with Crippen LogP contribution in [-0.2, 0) is 29.5 Å². The number of fused-ring (bicyclic) bond motifs is 1. The summed E-state index contributed by atoms with van der Waals surface area (Å²) in [6.45, 7) is 4.73. The van der Waals surface area contributed by atoms with E-state index in [0.29, 0.717) is 26.2 Å². The van der Waals surface area contributed by atoms with Gasteiger partial charge < -0.3 is 9.80 Å². The Morgan fingerprint density at radius 2 is 1.88 bits per heavy atom. The molecule has 3 aliphatic rings. The van der Waals surface area contributed by atoms with Crippen LogP contribution in [-0.4, -0.2) is 57.6 Å². The van der Waals surface area contributed by atoms with E-state index in [1.807, 2.05) is 40.7 Å². The van der Waals surface area contributed by atoms with E-state index in [9.17, 15) is 9.59 Å². The summed E-state index contributed by atoms with van der Waals surface area (Å²) in [5.41, 5.74) is 5.00. The van der Waals surface area contributed by atoms with Gasteiger partial charge in [-0.1, -0.05) is 13.0 Å². The molecular formula is C20H26N4O2. The zero-order valence-corrected chi connectivity index (χ0v) is 15.6. The Labute approximate surface area is 154 Å². The van der Waals surface area contributed by atoms with Gasteiger partial charge in [0.2, 0.25) is 11.8 Å². The molecular weight excluding hydrogens is 328 g/mol. The number of rotatable bonds is 3. The summed E-state index contributed by atoms with van der Waals surface area (Å²) in [6.07, 6.45) is 9.00. The highest BCUT2D eigenvalue weighted by molar-refractivity contribution is 5.89. The van der Waals surface area contributed by atoms with Crippen molar-refractivity contribution in [3.63, 3.8) is 0 Å². The summed E-state index contributed by atoms with van der Waals surface area (Å²) in [6, 6.07) is 0. The number of allylic oxidation sites excluding steroid dienone is 1. The van der Waals surface area contributed by atoms with Gasteiger partial charge in [-0.25, -0.2) is 0 Å². The van der Waals surface area contributed by atoms with Gasteiger partial charge in [-0.2, -0.15) is 5.10 Å². The molecule has 1 aromatic heterocycles. The van der Waals surface area contributed by atoms with Crippen LogP contribution in [0, 0.1) is 5.92 Å². The van der Waals surface area contributed by atoms with Crippen molar-refractivity contribution in [3.8, 4) is 0 Å². The molecule has 0 spiro atoms. The number of nitrogens with zero attached hydrogens (tertiary/aromatic N) is 4. The highest BCUT2D eigenvalue weighted by Gasteiger charge is 2.37. The van der Waals surface area contributed by atoms with Gasteiger partial charge in [-0.05, 0) is 42.0 Å². The zero-order chi connectivity index (χ0) is 18.3. The topological polar surface area (TPSA) is 58.4 Å². The minimum absolute atomic E-state index is 0.0585. The van der Waals surface area contributed by atoms with Crippen molar-refractivity contribution >= 4 is 11.8 Å². The monoisotopic (exact) mass is 354 g/mol. The van der Waals surface area contributed by atoms with Crippen LogP contribution in [0.2, 0.25) is 0 Å². The van der Waals surface area contributed by atoms with E-state index in [4.69, 9.17) is 0 Å². The van der Waals surface area contributed by atoms with Gasteiger partial charge >= 0.3 is 0 Å². The molecule has 0 bridgehead atoms. The Bertz CT molecular complexity index is 787. The standard InChI is InChI=1S/C20H26N4O2/c1-3-4-5-19(25)23-10-16-12-24(13-17(16)11-23)20(26)14-6-7-15-9-21-22(2)18(15)8-14/h4-5,9,14H,3,6-8,10-13H2,1-2H3/b5-4+. The number of carbonyl (C=O) groups is 2. The Kier molecular flexibility index (Phi) is 4.42. The van der Waals surface area contributed by atoms with Gasteiger partial charge in [0.25, 0.3) is 0 Å². The fourth-order valence-electron chi connectivity index (χ4n) is 4.33. The predicted octanol–water partition coefficient (Wildman–Crippen LogP) is 1.47. The second kappa shape index (κ2) is 6.74. The average molecular weight is 354 g/mol. The molecule has 0 radical (unpaired) electrons. The Morgan fingerprint density at radius 3 is 2.58 bits per heavy atom. The van der Waals surface area contributed by atoms with Crippen LogP contribution in [0.25, 0.3) is 0 Å². The number of amides is 2. The molecule has 0 saturated heterocycles. The molecule has 1 aromatic rings. The van der Waals surface area contributed by atoms with E-state index in [0.717, 1.165) is 25.7 Å². The number of aromatic nitrogens is 2.